The van der Waals surface area contributed by atoms with Gasteiger partial charge in [0.05, 0.1) is 5.69 Å². The Morgan fingerprint density at radius 1 is 0.739 bits per heavy atom. The van der Waals surface area contributed by atoms with E-state index in [1.165, 1.54) is 0 Å². The predicted molar refractivity (Wildman–Crippen MR) is 95.6 cm³/mol. The molecule has 3 nitrogen and oxygen atoms in total. The summed E-state index contributed by atoms with van der Waals surface area (Å²) in [6.07, 6.45) is 0. The third-order valence-corrected chi connectivity index (χ3v) is 5.84. The zero-order chi connectivity index (χ0) is 16.1. The van der Waals surface area contributed by atoms with Gasteiger partial charge in [-0.25, -0.2) is 4.62 Å². The Hall–Kier alpha value is -2.35. The average Bonchev–Trinajstić information content (AvgIpc) is 2.62. The van der Waals surface area contributed by atoms with Crippen LogP contribution < -0.4 is 16.1 Å². The normalized spacial score (nSPS) is 11.2. The fourth-order valence-corrected chi connectivity index (χ4v) is 4.11. The van der Waals surface area contributed by atoms with Crippen molar-refractivity contribution in [2.45, 2.75) is 6.92 Å². The summed E-state index contributed by atoms with van der Waals surface area (Å²) in [5.41, 5.74) is 4.77. The van der Waals surface area contributed by atoms with Crippen molar-refractivity contribution in [2.75, 3.05) is 5.48 Å². The summed E-state index contributed by atoms with van der Waals surface area (Å²) in [4.78, 5) is 0. The molecule has 0 fully saturated rings. The van der Waals surface area contributed by atoms with E-state index in [1.807, 2.05) is 91.9 Å². The molecule has 0 unspecified atom stereocenters. The van der Waals surface area contributed by atoms with Crippen molar-refractivity contribution in [1.29, 1.82) is 0 Å². The molecular weight excluding hydrogens is 305 g/mol. The number of aryl methyl sites for hydroxylation is 1. The van der Waals surface area contributed by atoms with Gasteiger partial charge in [0.25, 0.3) is 7.37 Å². The largest absolute Gasteiger partial charge is 0.283 e. The van der Waals surface area contributed by atoms with Gasteiger partial charge in [-0.2, -0.15) is 0 Å². The lowest BCUT2D eigenvalue weighted by Gasteiger charge is -2.19. The maximum Gasteiger partial charge on any atom is 0.283 e. The molecule has 0 spiro atoms. The topological polar surface area (TPSA) is 38.3 Å². The van der Waals surface area contributed by atoms with Crippen molar-refractivity contribution in [1.82, 2.24) is 0 Å². The fourth-order valence-electron chi connectivity index (χ4n) is 2.24. The number of rotatable bonds is 5. The lowest BCUT2D eigenvalue weighted by Crippen LogP contribution is -2.20. The van der Waals surface area contributed by atoms with E-state index in [9.17, 15) is 4.57 Å². The molecule has 0 amide bonds. The number of nitrogens with one attached hydrogen (secondary N) is 1. The smallest absolute Gasteiger partial charge is 0.280 e. The molecule has 116 valence electrons. The highest BCUT2D eigenvalue weighted by Gasteiger charge is 2.29. The first-order valence-electron chi connectivity index (χ1n) is 7.41. The first-order chi connectivity index (χ1) is 11.2. The Morgan fingerprint density at radius 3 is 1.70 bits per heavy atom. The SMILES string of the molecule is Cc1ccc(NOP(=O)(c2ccccc2)c2ccccc2)cc1. The summed E-state index contributed by atoms with van der Waals surface area (Å²) in [7, 11) is -3.21. The lowest BCUT2D eigenvalue weighted by atomic mass is 10.2. The summed E-state index contributed by atoms with van der Waals surface area (Å²) in [5.74, 6) is 0. The number of hydrogen-bond donors (Lipinski definition) is 1. The lowest BCUT2D eigenvalue weighted by molar-refractivity contribution is 0.404. The molecule has 0 atom stereocenters. The molecule has 3 aromatic carbocycles. The molecule has 4 heteroatoms. The van der Waals surface area contributed by atoms with Gasteiger partial charge in [-0.3, -0.25) is 10.0 Å². The summed E-state index contributed by atoms with van der Waals surface area (Å²) in [6.45, 7) is 2.02. The molecule has 0 aromatic heterocycles. The summed E-state index contributed by atoms with van der Waals surface area (Å²) in [6, 6.07) is 26.3. The Morgan fingerprint density at radius 2 is 1.22 bits per heavy atom. The second-order valence-corrected chi connectivity index (χ2v) is 7.60. The van der Waals surface area contributed by atoms with Gasteiger partial charge in [-0.15, -0.1) is 0 Å². The fraction of sp³-hybridized carbons (Fsp3) is 0.0526. The predicted octanol–water partition coefficient (Wildman–Crippen LogP) is 4.27. The van der Waals surface area contributed by atoms with Gasteiger partial charge in [-0.05, 0) is 43.3 Å². The average molecular weight is 323 g/mol. The van der Waals surface area contributed by atoms with Gasteiger partial charge in [0.2, 0.25) is 0 Å². The first-order valence-corrected chi connectivity index (χ1v) is 9.03. The third-order valence-electron chi connectivity index (χ3n) is 3.54. The number of hydrogen-bond acceptors (Lipinski definition) is 3. The minimum Gasteiger partial charge on any atom is -0.280 e. The molecule has 0 aliphatic heterocycles. The second kappa shape index (κ2) is 6.82. The van der Waals surface area contributed by atoms with Crippen molar-refractivity contribution >= 4 is 23.7 Å². The maximum atomic E-state index is 13.6. The molecule has 0 radical (unpaired) electrons. The molecular formula is C19H18NO2P. The summed E-state index contributed by atoms with van der Waals surface area (Å²) < 4.78 is 19.3. The highest BCUT2D eigenvalue weighted by molar-refractivity contribution is 7.74. The first kappa shape index (κ1) is 15.5. The van der Waals surface area contributed by atoms with E-state index in [0.717, 1.165) is 11.3 Å². The summed E-state index contributed by atoms with van der Waals surface area (Å²) in [5, 5.41) is 1.32. The van der Waals surface area contributed by atoms with E-state index in [0.29, 0.717) is 10.6 Å². The number of anilines is 1. The summed E-state index contributed by atoms with van der Waals surface area (Å²) >= 11 is 0. The van der Waals surface area contributed by atoms with Crippen LogP contribution in [0.2, 0.25) is 0 Å². The van der Waals surface area contributed by atoms with Crippen molar-refractivity contribution < 1.29 is 9.19 Å². The van der Waals surface area contributed by atoms with Gasteiger partial charge in [0, 0.05) is 10.6 Å². The quantitative estimate of drug-likeness (QED) is 0.563. The van der Waals surface area contributed by atoms with Crippen LogP contribution in [0.3, 0.4) is 0 Å². The van der Waals surface area contributed by atoms with E-state index in [1.54, 1.807) is 0 Å². The van der Waals surface area contributed by atoms with Gasteiger partial charge in [0.1, 0.15) is 0 Å². The zero-order valence-corrected chi connectivity index (χ0v) is 13.7. The van der Waals surface area contributed by atoms with Crippen LogP contribution in [0.5, 0.6) is 0 Å². The van der Waals surface area contributed by atoms with Crippen LogP contribution in [-0.4, -0.2) is 0 Å². The van der Waals surface area contributed by atoms with Crippen LogP contribution in [0.1, 0.15) is 5.56 Å². The van der Waals surface area contributed by atoms with Crippen molar-refractivity contribution in [3.8, 4) is 0 Å². The Kier molecular flexibility index (Phi) is 4.61. The van der Waals surface area contributed by atoms with E-state index in [2.05, 4.69) is 5.48 Å². The van der Waals surface area contributed by atoms with Crippen LogP contribution >= 0.6 is 7.37 Å². The molecule has 0 saturated carbocycles. The molecule has 0 saturated heterocycles. The van der Waals surface area contributed by atoms with E-state index in [4.69, 9.17) is 4.62 Å². The van der Waals surface area contributed by atoms with Crippen LogP contribution in [0.4, 0.5) is 5.69 Å². The van der Waals surface area contributed by atoms with Crippen molar-refractivity contribution in [3.63, 3.8) is 0 Å². The van der Waals surface area contributed by atoms with E-state index < -0.39 is 7.37 Å². The van der Waals surface area contributed by atoms with Gasteiger partial charge in [-0.1, -0.05) is 54.1 Å². The minimum absolute atomic E-state index is 0.658. The van der Waals surface area contributed by atoms with Crippen LogP contribution in [-0.2, 0) is 9.19 Å². The van der Waals surface area contributed by atoms with Gasteiger partial charge < -0.3 is 0 Å². The Balaban J connectivity index is 1.93. The third kappa shape index (κ3) is 3.53. The molecule has 3 aromatic rings. The maximum absolute atomic E-state index is 13.6. The Labute approximate surface area is 136 Å². The molecule has 0 bridgehead atoms. The molecule has 0 heterocycles. The van der Waals surface area contributed by atoms with Crippen LogP contribution in [0, 0.1) is 6.92 Å². The van der Waals surface area contributed by atoms with Gasteiger partial charge in [0.15, 0.2) is 0 Å². The minimum atomic E-state index is -3.21. The highest BCUT2D eigenvalue weighted by atomic mass is 31.2. The Bertz CT molecular complexity index is 758. The molecule has 3 rings (SSSR count). The molecule has 0 aliphatic rings. The van der Waals surface area contributed by atoms with Crippen molar-refractivity contribution in [2.24, 2.45) is 0 Å². The second-order valence-electron chi connectivity index (χ2n) is 5.28. The van der Waals surface area contributed by atoms with E-state index in [-0.39, 0.29) is 0 Å². The molecule has 1 N–H and O–H groups in total. The highest BCUT2D eigenvalue weighted by Crippen LogP contribution is 2.44. The van der Waals surface area contributed by atoms with Crippen LogP contribution in [0.15, 0.2) is 84.9 Å². The molecule has 0 aliphatic carbocycles. The van der Waals surface area contributed by atoms with Crippen LogP contribution in [0.25, 0.3) is 0 Å². The van der Waals surface area contributed by atoms with E-state index >= 15 is 0 Å². The standard InChI is InChI=1S/C19H18NO2P/c1-16-12-14-17(15-13-16)20-22-23(21,18-8-4-2-5-9-18)19-10-6-3-7-11-19/h2-15,20H,1H3. The van der Waals surface area contributed by atoms with Crippen molar-refractivity contribution in [3.05, 3.63) is 90.5 Å². The monoisotopic (exact) mass is 323 g/mol. The number of benzene rings is 3. The van der Waals surface area contributed by atoms with Gasteiger partial charge >= 0.3 is 0 Å². The zero-order valence-electron chi connectivity index (χ0n) is 12.8. The molecule has 23 heavy (non-hydrogen) atoms.